The minimum absolute atomic E-state index is 0.210. The van der Waals surface area contributed by atoms with Crippen LogP contribution >= 0.6 is 12.2 Å². The molecule has 0 aromatic heterocycles. The van der Waals surface area contributed by atoms with Crippen LogP contribution in [0.2, 0.25) is 0 Å². The van der Waals surface area contributed by atoms with Crippen molar-refractivity contribution in [3.8, 4) is 0 Å². The number of thiocarbonyl (C=S) groups is 1. The van der Waals surface area contributed by atoms with Crippen molar-refractivity contribution in [2.45, 2.75) is 25.7 Å². The first kappa shape index (κ1) is 21.9. The highest BCUT2D eigenvalue weighted by Gasteiger charge is 2.32. The zero-order chi connectivity index (χ0) is 21.1. The minimum atomic E-state index is -4.73. The monoisotopic (exact) mass is 428 g/mol. The molecule has 0 saturated carbocycles. The third-order valence-electron chi connectivity index (χ3n) is 3.46. The van der Waals surface area contributed by atoms with Gasteiger partial charge in [0.25, 0.3) is 0 Å². The Bertz CT molecular complexity index is 792. The van der Waals surface area contributed by atoms with Crippen LogP contribution in [-0.4, -0.2) is 5.11 Å². The van der Waals surface area contributed by atoms with E-state index in [0.29, 0.717) is 24.3 Å². The smallest absolute Gasteiger partial charge is 0.332 e. The van der Waals surface area contributed by atoms with E-state index in [1.165, 1.54) is 0 Å². The second-order valence-corrected chi connectivity index (χ2v) is 6.09. The molecule has 0 fully saturated rings. The number of halogens is 8. The molecule has 2 aromatic rings. The summed E-state index contributed by atoms with van der Waals surface area (Å²) >= 11 is 4.88. The largest absolute Gasteiger partial charge is 0.416 e. The van der Waals surface area contributed by atoms with Gasteiger partial charge in [0.1, 0.15) is 13.3 Å². The van der Waals surface area contributed by atoms with Crippen molar-refractivity contribution in [1.82, 2.24) is 0 Å². The molecule has 11 heteroatoms. The van der Waals surface area contributed by atoms with E-state index < -0.39 is 36.8 Å². The second-order valence-electron chi connectivity index (χ2n) is 5.68. The van der Waals surface area contributed by atoms with E-state index in [4.69, 9.17) is 12.2 Å². The Morgan fingerprint density at radius 3 is 1.32 bits per heavy atom. The van der Waals surface area contributed by atoms with E-state index in [9.17, 15) is 35.1 Å². The first-order valence-corrected chi connectivity index (χ1v) is 7.95. The lowest BCUT2D eigenvalue weighted by atomic mass is 10.1. The Labute approximate surface area is 159 Å². The molecule has 0 aliphatic rings. The number of hydrogen-bond donors (Lipinski definition) is 2. The zero-order valence-corrected chi connectivity index (χ0v) is 14.6. The Morgan fingerprint density at radius 1 is 0.679 bits per heavy atom. The SMILES string of the molecule is FCc1cc(NC(=S)Nc2cc(CF)cc(C(F)(F)F)c2)cc(C(F)(F)F)c1. The highest BCUT2D eigenvalue weighted by atomic mass is 32.1. The average molecular weight is 428 g/mol. The number of rotatable bonds is 4. The molecule has 28 heavy (non-hydrogen) atoms. The third kappa shape index (κ3) is 5.78. The second kappa shape index (κ2) is 8.29. The van der Waals surface area contributed by atoms with Gasteiger partial charge in [0.05, 0.1) is 11.1 Å². The van der Waals surface area contributed by atoms with Crippen LogP contribution in [0.4, 0.5) is 46.5 Å². The molecule has 0 aliphatic carbocycles. The molecular formula is C17H12F8N2S. The molecule has 0 saturated heterocycles. The quantitative estimate of drug-likeness (QED) is 0.431. The molecule has 0 bridgehead atoms. The molecule has 0 amide bonds. The van der Waals surface area contributed by atoms with Gasteiger partial charge in [0, 0.05) is 11.4 Å². The summed E-state index contributed by atoms with van der Waals surface area (Å²) < 4.78 is 103. The molecule has 0 aliphatic heterocycles. The van der Waals surface area contributed by atoms with Crippen LogP contribution in [0.25, 0.3) is 0 Å². The van der Waals surface area contributed by atoms with Gasteiger partial charge < -0.3 is 10.6 Å². The summed E-state index contributed by atoms with van der Waals surface area (Å²) in [4.78, 5) is 0. The fourth-order valence-corrected chi connectivity index (χ4v) is 2.54. The van der Waals surface area contributed by atoms with E-state index in [2.05, 4.69) is 10.6 Å². The molecule has 0 heterocycles. The lowest BCUT2D eigenvalue weighted by Crippen LogP contribution is -2.20. The highest BCUT2D eigenvalue weighted by molar-refractivity contribution is 7.80. The van der Waals surface area contributed by atoms with Gasteiger partial charge in [0.2, 0.25) is 0 Å². The van der Waals surface area contributed by atoms with Crippen LogP contribution < -0.4 is 10.6 Å². The van der Waals surface area contributed by atoms with Crippen molar-refractivity contribution < 1.29 is 35.1 Å². The van der Waals surface area contributed by atoms with Gasteiger partial charge in [-0.1, -0.05) is 0 Å². The van der Waals surface area contributed by atoms with E-state index >= 15 is 0 Å². The predicted octanol–water partition coefficient (Wildman–Crippen LogP) is 6.47. The van der Waals surface area contributed by atoms with Crippen LogP contribution in [-0.2, 0) is 25.7 Å². The van der Waals surface area contributed by atoms with E-state index in [0.717, 1.165) is 12.1 Å². The molecular weight excluding hydrogens is 416 g/mol. The summed E-state index contributed by atoms with van der Waals surface area (Å²) in [5, 5.41) is 4.35. The van der Waals surface area contributed by atoms with Gasteiger partial charge in [0.15, 0.2) is 5.11 Å². The van der Waals surface area contributed by atoms with Gasteiger partial charge in [-0.3, -0.25) is 0 Å². The number of alkyl halides is 8. The van der Waals surface area contributed by atoms with E-state index in [-0.39, 0.29) is 27.6 Å². The standard InChI is InChI=1S/C17H12F8N2S/c18-7-9-1-11(16(20,21)22)5-13(3-9)26-15(28)27-14-4-10(8-19)2-12(6-14)17(23,24)25/h1-6H,7-8H2,(H2,26,27,28). The summed E-state index contributed by atoms with van der Waals surface area (Å²) in [5.74, 6) is 0. The topological polar surface area (TPSA) is 24.1 Å². The molecule has 0 radical (unpaired) electrons. The predicted molar refractivity (Wildman–Crippen MR) is 92.4 cm³/mol. The Hall–Kier alpha value is -2.43. The summed E-state index contributed by atoms with van der Waals surface area (Å²) in [5.41, 5.74) is -3.19. The zero-order valence-electron chi connectivity index (χ0n) is 13.8. The van der Waals surface area contributed by atoms with Crippen molar-refractivity contribution in [1.29, 1.82) is 0 Å². The molecule has 2 rings (SSSR count). The first-order valence-electron chi connectivity index (χ1n) is 7.54. The Kier molecular flexibility index (Phi) is 6.48. The lowest BCUT2D eigenvalue weighted by molar-refractivity contribution is -0.138. The first-order chi connectivity index (χ1) is 12.9. The van der Waals surface area contributed by atoms with Crippen LogP contribution in [0.5, 0.6) is 0 Å². The van der Waals surface area contributed by atoms with Crippen molar-refractivity contribution in [2.24, 2.45) is 0 Å². The number of benzene rings is 2. The molecule has 2 N–H and O–H groups in total. The maximum absolute atomic E-state index is 12.9. The molecule has 0 spiro atoms. The summed E-state index contributed by atoms with van der Waals surface area (Å²) in [6, 6.07) is 4.74. The number of anilines is 2. The molecule has 0 unspecified atom stereocenters. The van der Waals surface area contributed by atoms with Gasteiger partial charge in [-0.15, -0.1) is 0 Å². The van der Waals surface area contributed by atoms with Crippen molar-refractivity contribution >= 4 is 28.7 Å². The highest BCUT2D eigenvalue weighted by Crippen LogP contribution is 2.33. The fraction of sp³-hybridized carbons (Fsp3) is 0.235. The normalized spacial score (nSPS) is 12.0. The van der Waals surface area contributed by atoms with E-state index in [1.807, 2.05) is 0 Å². The maximum Gasteiger partial charge on any atom is 0.416 e. The van der Waals surface area contributed by atoms with Gasteiger partial charge in [-0.05, 0) is 59.7 Å². The van der Waals surface area contributed by atoms with Gasteiger partial charge >= 0.3 is 12.4 Å². The molecule has 0 atom stereocenters. The van der Waals surface area contributed by atoms with Crippen LogP contribution in [0.1, 0.15) is 22.3 Å². The molecule has 2 nitrogen and oxygen atoms in total. The number of nitrogens with one attached hydrogen (secondary N) is 2. The maximum atomic E-state index is 12.9. The Morgan fingerprint density at radius 2 is 1.04 bits per heavy atom. The fourth-order valence-electron chi connectivity index (χ4n) is 2.30. The molecule has 152 valence electrons. The van der Waals surface area contributed by atoms with Crippen LogP contribution in [0, 0.1) is 0 Å². The number of hydrogen-bond acceptors (Lipinski definition) is 1. The summed E-state index contributed by atoms with van der Waals surface area (Å²) in [6.07, 6.45) is -9.46. The van der Waals surface area contributed by atoms with Crippen LogP contribution in [0.15, 0.2) is 36.4 Å². The Balaban J connectivity index is 2.25. The van der Waals surface area contributed by atoms with Crippen LogP contribution in [0.3, 0.4) is 0 Å². The minimum Gasteiger partial charge on any atom is -0.332 e. The summed E-state index contributed by atoms with van der Waals surface area (Å²) in [6.45, 7) is -2.32. The van der Waals surface area contributed by atoms with E-state index in [1.54, 1.807) is 0 Å². The van der Waals surface area contributed by atoms with Crippen molar-refractivity contribution in [3.05, 3.63) is 58.7 Å². The summed E-state index contributed by atoms with van der Waals surface area (Å²) in [7, 11) is 0. The van der Waals surface area contributed by atoms with Crippen molar-refractivity contribution in [3.63, 3.8) is 0 Å². The van der Waals surface area contributed by atoms with Gasteiger partial charge in [-0.25, -0.2) is 8.78 Å². The van der Waals surface area contributed by atoms with Gasteiger partial charge in [-0.2, -0.15) is 26.3 Å². The molecule has 2 aromatic carbocycles. The third-order valence-corrected chi connectivity index (χ3v) is 3.67. The average Bonchev–Trinajstić information content (AvgIpc) is 2.59. The van der Waals surface area contributed by atoms with Crippen molar-refractivity contribution in [2.75, 3.05) is 10.6 Å². The lowest BCUT2D eigenvalue weighted by Gasteiger charge is -2.16.